The van der Waals surface area contributed by atoms with Gasteiger partial charge in [-0.2, -0.15) is 0 Å². The number of likely N-dealkylation sites (tertiary alicyclic amines) is 1. The first-order valence-electron chi connectivity index (χ1n) is 6.75. The molecule has 0 atom stereocenters. The highest BCUT2D eigenvalue weighted by atomic mass is 16.2. The summed E-state index contributed by atoms with van der Waals surface area (Å²) in [7, 11) is 0. The van der Waals surface area contributed by atoms with Crippen LogP contribution in [0.3, 0.4) is 0 Å². The molecule has 1 amide bonds. The SMILES string of the molecule is NCCC1CCN(C(=O)c2cnc(CN)nc2)CC1. The van der Waals surface area contributed by atoms with Gasteiger partial charge in [-0.05, 0) is 31.7 Å². The Hall–Kier alpha value is -1.53. The van der Waals surface area contributed by atoms with Crippen LogP contribution in [0.25, 0.3) is 0 Å². The second kappa shape index (κ2) is 6.58. The summed E-state index contributed by atoms with van der Waals surface area (Å²) in [5.74, 6) is 1.22. The Morgan fingerprint density at radius 3 is 2.42 bits per heavy atom. The smallest absolute Gasteiger partial charge is 0.256 e. The predicted molar refractivity (Wildman–Crippen MR) is 72.2 cm³/mol. The molecule has 1 aromatic heterocycles. The summed E-state index contributed by atoms with van der Waals surface area (Å²) in [5, 5.41) is 0. The number of aromatic nitrogens is 2. The number of amides is 1. The lowest BCUT2D eigenvalue weighted by Crippen LogP contribution is -2.39. The van der Waals surface area contributed by atoms with Gasteiger partial charge < -0.3 is 16.4 Å². The first-order chi connectivity index (χ1) is 9.24. The van der Waals surface area contributed by atoms with E-state index in [9.17, 15) is 4.79 Å². The summed E-state index contributed by atoms with van der Waals surface area (Å²) in [5.41, 5.74) is 11.5. The first kappa shape index (κ1) is 13.9. The van der Waals surface area contributed by atoms with Crippen LogP contribution in [0.5, 0.6) is 0 Å². The molecule has 0 aromatic carbocycles. The van der Waals surface area contributed by atoms with Crippen molar-refractivity contribution in [1.29, 1.82) is 0 Å². The van der Waals surface area contributed by atoms with Crippen LogP contribution in [-0.2, 0) is 6.54 Å². The molecule has 0 saturated carbocycles. The van der Waals surface area contributed by atoms with Gasteiger partial charge in [0.1, 0.15) is 5.82 Å². The average molecular weight is 263 g/mol. The maximum atomic E-state index is 12.3. The number of carbonyl (C=O) groups excluding carboxylic acids is 1. The van der Waals surface area contributed by atoms with E-state index in [-0.39, 0.29) is 5.91 Å². The third-order valence-corrected chi connectivity index (χ3v) is 3.61. The van der Waals surface area contributed by atoms with Crippen LogP contribution in [0, 0.1) is 5.92 Å². The number of hydrogen-bond donors (Lipinski definition) is 2. The molecule has 0 aliphatic carbocycles. The number of rotatable bonds is 4. The number of nitrogens with zero attached hydrogens (tertiary/aromatic N) is 3. The summed E-state index contributed by atoms with van der Waals surface area (Å²) in [6.45, 7) is 2.61. The van der Waals surface area contributed by atoms with Crippen LogP contribution in [0.15, 0.2) is 12.4 Å². The summed E-state index contributed by atoms with van der Waals surface area (Å²) < 4.78 is 0. The molecule has 0 radical (unpaired) electrons. The Bertz CT molecular complexity index is 412. The molecule has 1 saturated heterocycles. The lowest BCUT2D eigenvalue weighted by Gasteiger charge is -2.31. The Labute approximate surface area is 113 Å². The molecule has 104 valence electrons. The fraction of sp³-hybridized carbons (Fsp3) is 0.615. The second-order valence-electron chi connectivity index (χ2n) is 4.91. The molecular formula is C13H21N5O. The van der Waals surface area contributed by atoms with Crippen LogP contribution in [0.4, 0.5) is 0 Å². The van der Waals surface area contributed by atoms with Gasteiger partial charge >= 0.3 is 0 Å². The van der Waals surface area contributed by atoms with Crippen LogP contribution in [0.2, 0.25) is 0 Å². The number of hydrogen-bond acceptors (Lipinski definition) is 5. The summed E-state index contributed by atoms with van der Waals surface area (Å²) >= 11 is 0. The third kappa shape index (κ3) is 3.48. The lowest BCUT2D eigenvalue weighted by atomic mass is 9.93. The van der Waals surface area contributed by atoms with E-state index in [4.69, 9.17) is 11.5 Å². The average Bonchev–Trinajstić information content (AvgIpc) is 2.48. The molecule has 1 aliphatic rings. The monoisotopic (exact) mass is 263 g/mol. The standard InChI is InChI=1S/C13H21N5O/c14-4-1-10-2-5-18(6-3-10)13(19)11-8-16-12(7-15)17-9-11/h8-10H,1-7,14-15H2. The maximum absolute atomic E-state index is 12.3. The van der Waals surface area contributed by atoms with Gasteiger partial charge in [-0.3, -0.25) is 4.79 Å². The Morgan fingerprint density at radius 2 is 1.89 bits per heavy atom. The topological polar surface area (TPSA) is 98.1 Å². The van der Waals surface area contributed by atoms with Crippen LogP contribution >= 0.6 is 0 Å². The van der Waals surface area contributed by atoms with E-state index in [0.29, 0.717) is 23.9 Å². The molecule has 0 bridgehead atoms. The van der Waals surface area contributed by atoms with Gasteiger partial charge in [-0.15, -0.1) is 0 Å². The van der Waals surface area contributed by atoms with Crippen LogP contribution in [0.1, 0.15) is 35.4 Å². The molecule has 1 fully saturated rings. The van der Waals surface area contributed by atoms with Gasteiger partial charge in [0, 0.05) is 25.5 Å². The molecule has 1 aromatic rings. The van der Waals surface area contributed by atoms with Crippen molar-refractivity contribution in [2.45, 2.75) is 25.8 Å². The fourth-order valence-electron chi connectivity index (χ4n) is 2.41. The minimum absolute atomic E-state index is 0.00905. The summed E-state index contributed by atoms with van der Waals surface area (Å²) in [4.78, 5) is 22.2. The zero-order valence-electron chi connectivity index (χ0n) is 11.1. The van der Waals surface area contributed by atoms with Crippen molar-refractivity contribution in [3.63, 3.8) is 0 Å². The molecule has 6 nitrogen and oxygen atoms in total. The number of carbonyl (C=O) groups is 1. The van der Waals surface area contributed by atoms with Gasteiger partial charge in [-0.1, -0.05) is 0 Å². The van der Waals surface area contributed by atoms with E-state index in [2.05, 4.69) is 9.97 Å². The van der Waals surface area contributed by atoms with Gasteiger partial charge in [0.25, 0.3) is 5.91 Å². The van der Waals surface area contributed by atoms with Crippen molar-refractivity contribution in [1.82, 2.24) is 14.9 Å². The van der Waals surface area contributed by atoms with E-state index in [1.54, 1.807) is 12.4 Å². The molecular weight excluding hydrogens is 242 g/mol. The number of piperidine rings is 1. The highest BCUT2D eigenvalue weighted by molar-refractivity contribution is 5.93. The molecule has 19 heavy (non-hydrogen) atoms. The normalized spacial score (nSPS) is 16.6. The highest BCUT2D eigenvalue weighted by Crippen LogP contribution is 2.20. The second-order valence-corrected chi connectivity index (χ2v) is 4.91. The van der Waals surface area contributed by atoms with E-state index >= 15 is 0 Å². The first-order valence-corrected chi connectivity index (χ1v) is 6.75. The van der Waals surface area contributed by atoms with Crippen LogP contribution < -0.4 is 11.5 Å². The fourth-order valence-corrected chi connectivity index (χ4v) is 2.41. The van der Waals surface area contributed by atoms with Gasteiger partial charge in [0.2, 0.25) is 0 Å². The molecule has 0 unspecified atom stereocenters. The Kier molecular flexibility index (Phi) is 4.81. The third-order valence-electron chi connectivity index (χ3n) is 3.61. The minimum atomic E-state index is 0.00905. The zero-order chi connectivity index (χ0) is 13.7. The molecule has 1 aliphatic heterocycles. The molecule has 0 spiro atoms. The highest BCUT2D eigenvalue weighted by Gasteiger charge is 2.23. The van der Waals surface area contributed by atoms with E-state index < -0.39 is 0 Å². The summed E-state index contributed by atoms with van der Waals surface area (Å²) in [6.07, 6.45) is 6.23. The minimum Gasteiger partial charge on any atom is -0.339 e. The quantitative estimate of drug-likeness (QED) is 0.805. The largest absolute Gasteiger partial charge is 0.339 e. The maximum Gasteiger partial charge on any atom is 0.256 e. The molecule has 4 N–H and O–H groups in total. The summed E-state index contributed by atoms with van der Waals surface area (Å²) in [6, 6.07) is 0. The van der Waals surface area contributed by atoms with E-state index in [1.807, 2.05) is 4.90 Å². The lowest BCUT2D eigenvalue weighted by molar-refractivity contribution is 0.0687. The molecule has 6 heteroatoms. The van der Waals surface area contributed by atoms with Gasteiger partial charge in [0.15, 0.2) is 0 Å². The van der Waals surface area contributed by atoms with E-state index in [1.165, 1.54) is 0 Å². The molecule has 2 rings (SSSR count). The van der Waals surface area contributed by atoms with Gasteiger partial charge in [-0.25, -0.2) is 9.97 Å². The Balaban J connectivity index is 1.93. The van der Waals surface area contributed by atoms with Crippen molar-refractivity contribution in [2.75, 3.05) is 19.6 Å². The van der Waals surface area contributed by atoms with Crippen molar-refractivity contribution in [3.8, 4) is 0 Å². The zero-order valence-corrected chi connectivity index (χ0v) is 11.1. The number of nitrogens with two attached hydrogens (primary N) is 2. The Morgan fingerprint density at radius 1 is 1.26 bits per heavy atom. The van der Waals surface area contributed by atoms with Crippen molar-refractivity contribution >= 4 is 5.91 Å². The van der Waals surface area contributed by atoms with Crippen molar-refractivity contribution in [3.05, 3.63) is 23.8 Å². The van der Waals surface area contributed by atoms with E-state index in [0.717, 1.165) is 38.9 Å². The van der Waals surface area contributed by atoms with Gasteiger partial charge in [0.05, 0.1) is 12.1 Å². The van der Waals surface area contributed by atoms with Crippen molar-refractivity contribution < 1.29 is 4.79 Å². The molecule has 2 heterocycles. The van der Waals surface area contributed by atoms with Crippen molar-refractivity contribution in [2.24, 2.45) is 17.4 Å². The predicted octanol–water partition coefficient (Wildman–Crippen LogP) is 0.136. The van der Waals surface area contributed by atoms with Crippen LogP contribution in [-0.4, -0.2) is 40.4 Å².